The molecule has 2 aromatic carbocycles. The first-order chi connectivity index (χ1) is 16.0. The number of anilines is 1. The zero-order chi connectivity index (χ0) is 24.9. The standard InChI is InChI=1S/C21H21F3N2O7S/c1-14-2-7-17(34(29,30)26-8-10-31-11-9-26)12-18(14)25-19(27)13-32-20(28)15-3-5-16(6-4-15)33-21(22,23)24/h2-7,12H,8-11,13H2,1H3,(H,25,27). The van der Waals surface area contributed by atoms with Crippen LogP contribution in [0, 0.1) is 6.92 Å². The zero-order valence-corrected chi connectivity index (χ0v) is 18.7. The summed E-state index contributed by atoms with van der Waals surface area (Å²) in [6.07, 6.45) is -4.86. The van der Waals surface area contributed by atoms with Crippen molar-refractivity contribution in [3.63, 3.8) is 0 Å². The van der Waals surface area contributed by atoms with E-state index < -0.39 is 40.6 Å². The van der Waals surface area contributed by atoms with Crippen LogP contribution in [0.3, 0.4) is 0 Å². The highest BCUT2D eigenvalue weighted by atomic mass is 32.2. The van der Waals surface area contributed by atoms with E-state index in [1.807, 2.05) is 0 Å². The van der Waals surface area contributed by atoms with Crippen LogP contribution in [0.25, 0.3) is 0 Å². The van der Waals surface area contributed by atoms with E-state index in [0.29, 0.717) is 5.56 Å². The van der Waals surface area contributed by atoms with Crippen molar-refractivity contribution in [3.8, 4) is 5.75 Å². The van der Waals surface area contributed by atoms with E-state index in [-0.39, 0.29) is 42.4 Å². The number of hydrogen-bond acceptors (Lipinski definition) is 7. The van der Waals surface area contributed by atoms with Gasteiger partial charge in [0, 0.05) is 18.8 Å². The Morgan fingerprint density at radius 1 is 1.09 bits per heavy atom. The van der Waals surface area contributed by atoms with Crippen LogP contribution in [-0.4, -0.2) is 63.9 Å². The molecule has 1 amide bonds. The lowest BCUT2D eigenvalue weighted by molar-refractivity contribution is -0.274. The summed E-state index contributed by atoms with van der Waals surface area (Å²) in [4.78, 5) is 24.3. The third-order valence-corrected chi connectivity index (χ3v) is 6.64. The molecular formula is C21H21F3N2O7S. The summed E-state index contributed by atoms with van der Waals surface area (Å²) in [6.45, 7) is 1.99. The summed E-state index contributed by atoms with van der Waals surface area (Å²) in [5, 5.41) is 2.50. The highest BCUT2D eigenvalue weighted by molar-refractivity contribution is 7.89. The number of halogens is 3. The van der Waals surface area contributed by atoms with Gasteiger partial charge in [-0.25, -0.2) is 13.2 Å². The maximum Gasteiger partial charge on any atom is 0.573 e. The lowest BCUT2D eigenvalue weighted by atomic mass is 10.2. The van der Waals surface area contributed by atoms with Crippen molar-refractivity contribution in [2.24, 2.45) is 0 Å². The lowest BCUT2D eigenvalue weighted by Crippen LogP contribution is -2.40. The number of aryl methyl sites for hydroxylation is 1. The molecule has 0 bridgehead atoms. The highest BCUT2D eigenvalue weighted by Crippen LogP contribution is 2.24. The van der Waals surface area contributed by atoms with E-state index in [0.717, 1.165) is 24.3 Å². The summed E-state index contributed by atoms with van der Waals surface area (Å²) in [5.41, 5.74) is 0.724. The molecule has 34 heavy (non-hydrogen) atoms. The van der Waals surface area contributed by atoms with Gasteiger partial charge in [-0.05, 0) is 48.9 Å². The maximum atomic E-state index is 12.8. The molecule has 184 valence electrons. The molecule has 0 atom stereocenters. The second-order valence-electron chi connectivity index (χ2n) is 7.19. The number of morpholine rings is 1. The van der Waals surface area contributed by atoms with Gasteiger partial charge in [0.25, 0.3) is 5.91 Å². The molecule has 0 aliphatic carbocycles. The normalized spacial score (nSPS) is 14.9. The van der Waals surface area contributed by atoms with Gasteiger partial charge in [0.05, 0.1) is 23.7 Å². The number of esters is 1. The Kier molecular flexibility index (Phi) is 7.79. The molecule has 1 aliphatic rings. The van der Waals surface area contributed by atoms with Gasteiger partial charge >= 0.3 is 12.3 Å². The van der Waals surface area contributed by atoms with Crippen molar-refractivity contribution in [1.82, 2.24) is 4.31 Å². The first-order valence-corrected chi connectivity index (χ1v) is 11.4. The van der Waals surface area contributed by atoms with Crippen LogP contribution in [0.2, 0.25) is 0 Å². The predicted octanol–water partition coefficient (Wildman–Crippen LogP) is 2.71. The fraction of sp³-hybridized carbons (Fsp3) is 0.333. The number of carbonyl (C=O) groups is 2. The summed E-state index contributed by atoms with van der Waals surface area (Å²) in [7, 11) is -3.78. The molecule has 0 saturated carbocycles. The van der Waals surface area contributed by atoms with Crippen LogP contribution in [0.4, 0.5) is 18.9 Å². The minimum Gasteiger partial charge on any atom is -0.452 e. The largest absolute Gasteiger partial charge is 0.573 e. The summed E-state index contributed by atoms with van der Waals surface area (Å²) >= 11 is 0. The molecule has 1 N–H and O–H groups in total. The SMILES string of the molecule is Cc1ccc(S(=O)(=O)N2CCOCC2)cc1NC(=O)COC(=O)c1ccc(OC(F)(F)F)cc1. The van der Waals surface area contributed by atoms with Gasteiger partial charge in [0.1, 0.15) is 5.75 Å². The van der Waals surface area contributed by atoms with Gasteiger partial charge < -0.3 is 19.5 Å². The molecule has 0 radical (unpaired) electrons. The molecule has 0 aromatic heterocycles. The highest BCUT2D eigenvalue weighted by Gasteiger charge is 2.31. The summed E-state index contributed by atoms with van der Waals surface area (Å²) in [6, 6.07) is 8.29. The number of rotatable bonds is 7. The number of carbonyl (C=O) groups excluding carboxylic acids is 2. The minimum absolute atomic E-state index is 0.00606. The van der Waals surface area contributed by atoms with E-state index in [2.05, 4.69) is 10.1 Å². The second kappa shape index (κ2) is 10.4. The summed E-state index contributed by atoms with van der Waals surface area (Å²) in [5.74, 6) is -2.17. The third kappa shape index (κ3) is 6.68. The van der Waals surface area contributed by atoms with Crippen LogP contribution >= 0.6 is 0 Å². The summed E-state index contributed by atoms with van der Waals surface area (Å²) < 4.78 is 77.3. The fourth-order valence-corrected chi connectivity index (χ4v) is 4.46. The van der Waals surface area contributed by atoms with E-state index >= 15 is 0 Å². The Labute approximate surface area is 193 Å². The Morgan fingerprint density at radius 2 is 1.74 bits per heavy atom. The number of sulfonamides is 1. The van der Waals surface area contributed by atoms with Gasteiger partial charge in [0.2, 0.25) is 10.0 Å². The smallest absolute Gasteiger partial charge is 0.452 e. The van der Waals surface area contributed by atoms with E-state index in [4.69, 9.17) is 9.47 Å². The van der Waals surface area contributed by atoms with Crippen molar-refractivity contribution in [2.45, 2.75) is 18.2 Å². The number of nitrogens with one attached hydrogen (secondary N) is 1. The van der Waals surface area contributed by atoms with Crippen molar-refractivity contribution in [1.29, 1.82) is 0 Å². The van der Waals surface area contributed by atoms with Crippen LogP contribution in [0.5, 0.6) is 5.75 Å². The quantitative estimate of drug-likeness (QED) is 0.580. The molecule has 1 aliphatic heterocycles. The number of ether oxygens (including phenoxy) is 3. The molecule has 1 heterocycles. The number of hydrogen-bond donors (Lipinski definition) is 1. The molecule has 1 saturated heterocycles. The first kappa shape index (κ1) is 25.5. The monoisotopic (exact) mass is 502 g/mol. The Hall–Kier alpha value is -3.16. The topological polar surface area (TPSA) is 111 Å². The number of nitrogens with zero attached hydrogens (tertiary/aromatic N) is 1. The Bertz CT molecular complexity index is 1150. The van der Waals surface area contributed by atoms with Gasteiger partial charge in [-0.2, -0.15) is 4.31 Å². The van der Waals surface area contributed by atoms with Gasteiger partial charge in [-0.1, -0.05) is 6.07 Å². The molecule has 1 fully saturated rings. The molecule has 0 spiro atoms. The van der Waals surface area contributed by atoms with Crippen LogP contribution in [0.15, 0.2) is 47.4 Å². The van der Waals surface area contributed by atoms with E-state index in [9.17, 15) is 31.2 Å². The van der Waals surface area contributed by atoms with Crippen molar-refractivity contribution in [2.75, 3.05) is 38.2 Å². The maximum absolute atomic E-state index is 12.8. The molecule has 0 unspecified atom stereocenters. The minimum atomic E-state index is -4.86. The average Bonchev–Trinajstić information content (AvgIpc) is 2.79. The Balaban J connectivity index is 1.60. The molecule has 3 rings (SSSR count). The number of benzene rings is 2. The van der Waals surface area contributed by atoms with Crippen molar-refractivity contribution >= 4 is 27.6 Å². The predicted molar refractivity (Wildman–Crippen MR) is 113 cm³/mol. The van der Waals surface area contributed by atoms with Crippen LogP contribution in [0.1, 0.15) is 15.9 Å². The first-order valence-electron chi connectivity index (χ1n) is 9.97. The molecule has 2 aromatic rings. The van der Waals surface area contributed by atoms with Gasteiger partial charge in [-0.15, -0.1) is 13.2 Å². The van der Waals surface area contributed by atoms with Crippen LogP contribution in [-0.2, 0) is 24.3 Å². The molecule has 9 nitrogen and oxygen atoms in total. The second-order valence-corrected chi connectivity index (χ2v) is 9.13. The lowest BCUT2D eigenvalue weighted by Gasteiger charge is -2.26. The average molecular weight is 502 g/mol. The Morgan fingerprint density at radius 3 is 2.35 bits per heavy atom. The molecule has 13 heteroatoms. The van der Waals surface area contributed by atoms with E-state index in [1.54, 1.807) is 13.0 Å². The van der Waals surface area contributed by atoms with Crippen molar-refractivity contribution < 1.29 is 45.4 Å². The van der Waals surface area contributed by atoms with Crippen molar-refractivity contribution in [3.05, 3.63) is 53.6 Å². The van der Waals surface area contributed by atoms with Gasteiger partial charge in [-0.3, -0.25) is 4.79 Å². The molecular weight excluding hydrogens is 481 g/mol. The third-order valence-electron chi connectivity index (χ3n) is 4.75. The fourth-order valence-electron chi connectivity index (χ4n) is 3.03. The van der Waals surface area contributed by atoms with E-state index in [1.165, 1.54) is 16.4 Å². The number of amides is 1. The number of alkyl halides is 3. The van der Waals surface area contributed by atoms with Crippen LogP contribution < -0.4 is 10.1 Å². The van der Waals surface area contributed by atoms with Gasteiger partial charge in [0.15, 0.2) is 6.61 Å². The zero-order valence-electron chi connectivity index (χ0n) is 17.9.